The lowest BCUT2D eigenvalue weighted by atomic mass is 10.0. The molecular formula is C21H22BrN5O2S. The molecule has 0 radical (unpaired) electrons. The fourth-order valence-corrected chi connectivity index (χ4v) is 5.00. The molecule has 3 aromatic rings. The number of ether oxygens (including phenoxy) is 1. The number of nitrogens with one attached hydrogen (secondary N) is 2. The van der Waals surface area contributed by atoms with Crippen LogP contribution in [0.5, 0.6) is 5.75 Å². The molecule has 0 saturated carbocycles. The summed E-state index contributed by atoms with van der Waals surface area (Å²) >= 11 is 4.95. The molecule has 0 spiro atoms. The summed E-state index contributed by atoms with van der Waals surface area (Å²) in [5, 5.41) is 11.6. The van der Waals surface area contributed by atoms with Crippen LogP contribution in [0.3, 0.4) is 0 Å². The number of carbonyl (C=O) groups is 1. The van der Waals surface area contributed by atoms with E-state index in [4.69, 9.17) is 4.74 Å². The second-order valence-electron chi connectivity index (χ2n) is 7.19. The average molecular weight is 488 g/mol. The number of anilines is 1. The standard InChI is InChI=1S/C21H22BrN5O2S/c1-11-5-7-15(9-12(11)2)23-20(28)19-18(14-6-8-17(29-4)16(22)10-14)26-27-13(3)24-25-21(27)30-19/h5-10,18-19,26H,1-4H3,(H,23,28)/t18-,19+/m1/s1. The number of halogens is 1. The Morgan fingerprint density at radius 3 is 2.67 bits per heavy atom. The molecule has 2 N–H and O–H groups in total. The summed E-state index contributed by atoms with van der Waals surface area (Å²) in [6.07, 6.45) is 0. The molecule has 2 atom stereocenters. The molecule has 0 aliphatic carbocycles. The molecule has 1 aliphatic heterocycles. The molecule has 0 fully saturated rings. The highest BCUT2D eigenvalue weighted by Crippen LogP contribution is 2.39. The maximum Gasteiger partial charge on any atom is 0.240 e. The number of hydrogen-bond donors (Lipinski definition) is 2. The lowest BCUT2D eigenvalue weighted by molar-refractivity contribution is -0.116. The van der Waals surface area contributed by atoms with E-state index < -0.39 is 5.25 Å². The number of fused-ring (bicyclic) bond motifs is 1. The van der Waals surface area contributed by atoms with E-state index in [2.05, 4.69) is 43.8 Å². The topological polar surface area (TPSA) is 81.1 Å². The van der Waals surface area contributed by atoms with Crippen LogP contribution in [0.2, 0.25) is 0 Å². The van der Waals surface area contributed by atoms with Crippen molar-refractivity contribution < 1.29 is 9.53 Å². The molecule has 2 aromatic carbocycles. The van der Waals surface area contributed by atoms with Crippen LogP contribution in [-0.4, -0.2) is 33.1 Å². The molecule has 1 amide bonds. The lowest BCUT2D eigenvalue weighted by Gasteiger charge is -2.33. The molecule has 9 heteroatoms. The summed E-state index contributed by atoms with van der Waals surface area (Å²) < 4.78 is 8.00. The maximum absolute atomic E-state index is 13.3. The third-order valence-corrected chi connectivity index (χ3v) is 7.00. The molecule has 4 rings (SSSR count). The van der Waals surface area contributed by atoms with Crippen LogP contribution in [0.15, 0.2) is 46.0 Å². The second kappa shape index (κ2) is 8.31. The number of carbonyl (C=O) groups excluding carboxylic acids is 1. The van der Waals surface area contributed by atoms with Crippen molar-refractivity contribution in [3.63, 3.8) is 0 Å². The van der Waals surface area contributed by atoms with Crippen molar-refractivity contribution in [3.8, 4) is 5.75 Å². The van der Waals surface area contributed by atoms with Gasteiger partial charge in [0.15, 0.2) is 0 Å². The summed E-state index contributed by atoms with van der Waals surface area (Å²) in [6, 6.07) is 11.5. The normalized spacial score (nSPS) is 17.8. The van der Waals surface area contributed by atoms with Gasteiger partial charge in [0.25, 0.3) is 0 Å². The number of aryl methyl sites for hydroxylation is 3. The van der Waals surface area contributed by atoms with Crippen LogP contribution < -0.4 is 15.5 Å². The van der Waals surface area contributed by atoms with E-state index in [1.54, 1.807) is 7.11 Å². The first-order valence-corrected chi connectivity index (χ1v) is 11.1. The fraction of sp³-hybridized carbons (Fsp3) is 0.286. The fourth-order valence-electron chi connectivity index (χ4n) is 3.32. The summed E-state index contributed by atoms with van der Waals surface area (Å²) in [7, 11) is 1.63. The highest BCUT2D eigenvalue weighted by molar-refractivity contribution is 9.10. The van der Waals surface area contributed by atoms with Gasteiger partial charge in [-0.2, -0.15) is 0 Å². The molecule has 0 unspecified atom stereocenters. The first kappa shape index (κ1) is 20.7. The minimum Gasteiger partial charge on any atom is -0.496 e. The second-order valence-corrected chi connectivity index (χ2v) is 9.16. The number of benzene rings is 2. The van der Waals surface area contributed by atoms with Crippen LogP contribution in [-0.2, 0) is 4.79 Å². The van der Waals surface area contributed by atoms with E-state index in [9.17, 15) is 4.79 Å². The Bertz CT molecular complexity index is 1120. The van der Waals surface area contributed by atoms with Gasteiger partial charge in [-0.3, -0.25) is 4.79 Å². The zero-order chi connectivity index (χ0) is 21.4. The predicted octanol–water partition coefficient (Wildman–Crippen LogP) is 4.37. The summed E-state index contributed by atoms with van der Waals surface area (Å²) in [5.74, 6) is 1.38. The molecule has 30 heavy (non-hydrogen) atoms. The number of methoxy groups -OCH3 is 1. The van der Waals surface area contributed by atoms with E-state index in [-0.39, 0.29) is 11.9 Å². The van der Waals surface area contributed by atoms with E-state index >= 15 is 0 Å². The van der Waals surface area contributed by atoms with E-state index in [0.717, 1.165) is 32.9 Å². The van der Waals surface area contributed by atoms with E-state index in [0.29, 0.717) is 5.16 Å². The smallest absolute Gasteiger partial charge is 0.240 e. The largest absolute Gasteiger partial charge is 0.496 e. The molecular weight excluding hydrogens is 466 g/mol. The van der Waals surface area contributed by atoms with Gasteiger partial charge < -0.3 is 15.5 Å². The number of aromatic nitrogens is 3. The van der Waals surface area contributed by atoms with Gasteiger partial charge in [-0.05, 0) is 77.7 Å². The maximum atomic E-state index is 13.3. The number of nitrogens with zero attached hydrogens (tertiary/aromatic N) is 3. The average Bonchev–Trinajstić information content (AvgIpc) is 3.09. The van der Waals surface area contributed by atoms with Gasteiger partial charge in [-0.15, -0.1) is 10.2 Å². The van der Waals surface area contributed by atoms with Crippen LogP contribution in [0.1, 0.15) is 28.6 Å². The molecule has 0 saturated heterocycles. The molecule has 2 heterocycles. The van der Waals surface area contributed by atoms with E-state index in [1.165, 1.54) is 17.3 Å². The van der Waals surface area contributed by atoms with Gasteiger partial charge in [0.2, 0.25) is 11.1 Å². The van der Waals surface area contributed by atoms with Crippen molar-refractivity contribution in [2.75, 3.05) is 17.9 Å². The van der Waals surface area contributed by atoms with Gasteiger partial charge >= 0.3 is 0 Å². The van der Waals surface area contributed by atoms with Crippen molar-refractivity contribution in [1.82, 2.24) is 14.9 Å². The van der Waals surface area contributed by atoms with Gasteiger partial charge in [-0.1, -0.05) is 23.9 Å². The van der Waals surface area contributed by atoms with Gasteiger partial charge in [-0.25, -0.2) is 4.68 Å². The Morgan fingerprint density at radius 1 is 1.17 bits per heavy atom. The number of thioether (sulfide) groups is 1. The highest BCUT2D eigenvalue weighted by atomic mass is 79.9. The van der Waals surface area contributed by atoms with Crippen molar-refractivity contribution in [3.05, 3.63) is 63.4 Å². The zero-order valence-electron chi connectivity index (χ0n) is 17.1. The lowest BCUT2D eigenvalue weighted by Crippen LogP contribution is -2.41. The van der Waals surface area contributed by atoms with Crippen molar-refractivity contribution in [2.24, 2.45) is 0 Å². The molecule has 7 nitrogen and oxygen atoms in total. The Labute approximate surface area is 187 Å². The van der Waals surface area contributed by atoms with Crippen molar-refractivity contribution >= 4 is 39.3 Å². The SMILES string of the molecule is COc1ccc([C@H]2Nn3c(C)nnc3S[C@@H]2C(=O)Nc2ccc(C)c(C)c2)cc1Br. The molecule has 1 aromatic heterocycles. The van der Waals surface area contributed by atoms with E-state index in [1.807, 2.05) is 54.9 Å². The Balaban J connectivity index is 1.68. The predicted molar refractivity (Wildman–Crippen MR) is 122 cm³/mol. The third kappa shape index (κ3) is 3.91. The summed E-state index contributed by atoms with van der Waals surface area (Å²) in [6.45, 7) is 5.96. The molecule has 156 valence electrons. The van der Waals surface area contributed by atoms with Crippen molar-refractivity contribution in [2.45, 2.75) is 37.2 Å². The Hall–Kier alpha value is -2.52. The van der Waals surface area contributed by atoms with Gasteiger partial charge in [0.05, 0.1) is 17.6 Å². The van der Waals surface area contributed by atoms with Crippen molar-refractivity contribution in [1.29, 1.82) is 0 Å². The van der Waals surface area contributed by atoms with Gasteiger partial charge in [0, 0.05) is 5.69 Å². The number of hydrogen-bond acceptors (Lipinski definition) is 6. The summed E-state index contributed by atoms with van der Waals surface area (Å²) in [4.78, 5) is 13.3. The zero-order valence-corrected chi connectivity index (χ0v) is 19.5. The number of amides is 1. The third-order valence-electron chi connectivity index (χ3n) is 5.17. The van der Waals surface area contributed by atoms with Crippen LogP contribution in [0.25, 0.3) is 0 Å². The first-order valence-electron chi connectivity index (χ1n) is 9.44. The summed E-state index contributed by atoms with van der Waals surface area (Å²) in [5.41, 5.74) is 7.46. The first-order chi connectivity index (χ1) is 14.4. The quantitative estimate of drug-likeness (QED) is 0.568. The highest BCUT2D eigenvalue weighted by Gasteiger charge is 2.37. The minimum atomic E-state index is -0.442. The Kier molecular flexibility index (Phi) is 5.75. The Morgan fingerprint density at radius 2 is 1.97 bits per heavy atom. The molecule has 1 aliphatic rings. The van der Waals surface area contributed by atoms with Crippen LogP contribution in [0.4, 0.5) is 5.69 Å². The van der Waals surface area contributed by atoms with Crippen LogP contribution >= 0.6 is 27.7 Å². The van der Waals surface area contributed by atoms with Crippen LogP contribution in [0, 0.1) is 20.8 Å². The number of rotatable bonds is 4. The molecule has 0 bridgehead atoms. The van der Waals surface area contributed by atoms with Gasteiger partial charge in [0.1, 0.15) is 16.8 Å². The minimum absolute atomic E-state index is 0.0976. The monoisotopic (exact) mass is 487 g/mol.